The smallest absolute Gasteiger partial charge is 0.253 e. The highest BCUT2D eigenvalue weighted by Gasteiger charge is 2.09. The fourth-order valence-electron chi connectivity index (χ4n) is 1.41. The van der Waals surface area contributed by atoms with E-state index in [1.807, 2.05) is 38.2 Å². The summed E-state index contributed by atoms with van der Waals surface area (Å²) in [6.07, 6.45) is 2.18. The van der Waals surface area contributed by atoms with Gasteiger partial charge in [-0.25, -0.2) is 0 Å². The van der Waals surface area contributed by atoms with E-state index in [-0.39, 0.29) is 5.91 Å². The van der Waals surface area contributed by atoms with E-state index in [0.29, 0.717) is 0 Å². The zero-order valence-electron chi connectivity index (χ0n) is 9.79. The quantitative estimate of drug-likeness (QED) is 0.740. The lowest BCUT2D eigenvalue weighted by Crippen LogP contribution is -2.27. The Kier molecular flexibility index (Phi) is 4.35. The fourth-order valence-corrected chi connectivity index (χ4v) is 1.41. The fraction of sp³-hybridized carbons (Fsp3) is 0.462. The van der Waals surface area contributed by atoms with Crippen LogP contribution in [0.5, 0.6) is 0 Å². The Balaban J connectivity index is 2.63. The van der Waals surface area contributed by atoms with Crippen LogP contribution in [0.15, 0.2) is 24.3 Å². The molecule has 0 aliphatic heterocycles. The summed E-state index contributed by atoms with van der Waals surface area (Å²) in [5, 5.41) is 0. The van der Waals surface area contributed by atoms with Gasteiger partial charge in [0.2, 0.25) is 0 Å². The van der Waals surface area contributed by atoms with Crippen LogP contribution in [0.1, 0.15) is 35.7 Å². The Hall–Kier alpha value is -1.31. The molecule has 0 fully saturated rings. The highest BCUT2D eigenvalue weighted by molar-refractivity contribution is 5.94. The molecule has 1 aromatic carbocycles. The number of aryl methyl sites for hydroxylation is 1. The second-order valence-corrected chi connectivity index (χ2v) is 3.95. The molecule has 0 radical (unpaired) electrons. The topological polar surface area (TPSA) is 20.3 Å². The number of unbranched alkanes of at least 4 members (excludes halogenated alkanes) is 1. The zero-order valence-corrected chi connectivity index (χ0v) is 9.79. The van der Waals surface area contributed by atoms with Gasteiger partial charge in [-0.1, -0.05) is 31.0 Å². The van der Waals surface area contributed by atoms with E-state index in [1.54, 1.807) is 4.90 Å². The molecule has 0 spiro atoms. The maximum Gasteiger partial charge on any atom is 0.253 e. The molecule has 0 saturated carbocycles. The largest absolute Gasteiger partial charge is 0.342 e. The van der Waals surface area contributed by atoms with Gasteiger partial charge < -0.3 is 4.90 Å². The SMILES string of the molecule is CCCCN(C)C(=O)c1ccc(C)cc1. The van der Waals surface area contributed by atoms with E-state index in [2.05, 4.69) is 6.92 Å². The summed E-state index contributed by atoms with van der Waals surface area (Å²) in [6.45, 7) is 4.99. The molecule has 1 aromatic rings. The Morgan fingerprint density at radius 3 is 2.40 bits per heavy atom. The molecule has 1 amide bonds. The molecule has 1 rings (SSSR count). The monoisotopic (exact) mass is 205 g/mol. The maximum atomic E-state index is 11.9. The number of nitrogens with zero attached hydrogens (tertiary/aromatic N) is 1. The first-order chi connectivity index (χ1) is 7.15. The molecule has 2 heteroatoms. The normalized spacial score (nSPS) is 10.1. The second-order valence-electron chi connectivity index (χ2n) is 3.95. The van der Waals surface area contributed by atoms with Crippen LogP contribution in [0.3, 0.4) is 0 Å². The van der Waals surface area contributed by atoms with E-state index >= 15 is 0 Å². The molecule has 0 aromatic heterocycles. The molecule has 0 atom stereocenters. The van der Waals surface area contributed by atoms with Crippen LogP contribution in [-0.4, -0.2) is 24.4 Å². The van der Waals surface area contributed by atoms with Crippen LogP contribution in [0.4, 0.5) is 0 Å². The van der Waals surface area contributed by atoms with Crippen molar-refractivity contribution in [1.82, 2.24) is 4.90 Å². The van der Waals surface area contributed by atoms with Crippen molar-refractivity contribution in [3.63, 3.8) is 0 Å². The first kappa shape index (κ1) is 11.8. The number of carbonyl (C=O) groups excluding carboxylic acids is 1. The minimum Gasteiger partial charge on any atom is -0.342 e. The Morgan fingerprint density at radius 2 is 1.87 bits per heavy atom. The number of rotatable bonds is 4. The summed E-state index contributed by atoms with van der Waals surface area (Å²) < 4.78 is 0. The van der Waals surface area contributed by atoms with Crippen molar-refractivity contribution in [2.75, 3.05) is 13.6 Å². The van der Waals surface area contributed by atoms with Gasteiger partial charge in [0, 0.05) is 19.2 Å². The Morgan fingerprint density at radius 1 is 1.27 bits per heavy atom. The van der Waals surface area contributed by atoms with Gasteiger partial charge in [-0.05, 0) is 25.5 Å². The van der Waals surface area contributed by atoms with Crippen molar-refractivity contribution >= 4 is 5.91 Å². The summed E-state index contributed by atoms with van der Waals surface area (Å²) in [5.74, 6) is 0.114. The van der Waals surface area contributed by atoms with Crippen molar-refractivity contribution in [2.24, 2.45) is 0 Å². The summed E-state index contributed by atoms with van der Waals surface area (Å²) >= 11 is 0. The number of carbonyl (C=O) groups is 1. The van der Waals surface area contributed by atoms with Gasteiger partial charge in [0.15, 0.2) is 0 Å². The van der Waals surface area contributed by atoms with E-state index < -0.39 is 0 Å². The minimum atomic E-state index is 0.114. The summed E-state index contributed by atoms with van der Waals surface area (Å²) in [4.78, 5) is 13.7. The molecule has 0 aliphatic carbocycles. The lowest BCUT2D eigenvalue weighted by molar-refractivity contribution is 0.0793. The summed E-state index contributed by atoms with van der Waals surface area (Å²) in [7, 11) is 1.86. The molecule has 0 heterocycles. The number of hydrogen-bond acceptors (Lipinski definition) is 1. The van der Waals surface area contributed by atoms with Crippen molar-refractivity contribution < 1.29 is 4.79 Å². The third-order valence-corrected chi connectivity index (χ3v) is 2.49. The molecule has 15 heavy (non-hydrogen) atoms. The molecule has 0 saturated heterocycles. The van der Waals surface area contributed by atoms with Crippen LogP contribution in [0.25, 0.3) is 0 Å². The van der Waals surface area contributed by atoms with Crippen LogP contribution in [-0.2, 0) is 0 Å². The highest BCUT2D eigenvalue weighted by Crippen LogP contribution is 2.06. The predicted octanol–water partition coefficient (Wildman–Crippen LogP) is 2.87. The highest BCUT2D eigenvalue weighted by atomic mass is 16.2. The van der Waals surface area contributed by atoms with Crippen LogP contribution in [0.2, 0.25) is 0 Å². The molecule has 0 bridgehead atoms. The van der Waals surface area contributed by atoms with Crippen LogP contribution >= 0.6 is 0 Å². The molecule has 0 unspecified atom stereocenters. The van der Waals surface area contributed by atoms with Gasteiger partial charge in [-0.3, -0.25) is 4.79 Å². The number of amides is 1. The minimum absolute atomic E-state index is 0.114. The molecular weight excluding hydrogens is 186 g/mol. The van der Waals surface area contributed by atoms with Gasteiger partial charge in [-0.15, -0.1) is 0 Å². The number of hydrogen-bond donors (Lipinski definition) is 0. The third kappa shape index (κ3) is 3.39. The average Bonchev–Trinajstić information content (AvgIpc) is 2.26. The first-order valence-corrected chi connectivity index (χ1v) is 5.47. The molecule has 0 aliphatic rings. The molecule has 82 valence electrons. The first-order valence-electron chi connectivity index (χ1n) is 5.47. The van der Waals surface area contributed by atoms with Crippen molar-refractivity contribution in [2.45, 2.75) is 26.7 Å². The average molecular weight is 205 g/mol. The van der Waals surface area contributed by atoms with E-state index in [9.17, 15) is 4.79 Å². The molecule has 2 nitrogen and oxygen atoms in total. The molecular formula is C13H19NO. The van der Waals surface area contributed by atoms with Gasteiger partial charge in [-0.2, -0.15) is 0 Å². The van der Waals surface area contributed by atoms with Crippen molar-refractivity contribution in [3.05, 3.63) is 35.4 Å². The zero-order chi connectivity index (χ0) is 11.3. The molecule has 0 N–H and O–H groups in total. The van der Waals surface area contributed by atoms with Gasteiger partial charge in [0.05, 0.1) is 0 Å². The van der Waals surface area contributed by atoms with Gasteiger partial charge in [0.25, 0.3) is 5.91 Å². The van der Waals surface area contributed by atoms with Gasteiger partial charge in [0.1, 0.15) is 0 Å². The van der Waals surface area contributed by atoms with E-state index in [4.69, 9.17) is 0 Å². The standard InChI is InChI=1S/C13H19NO/c1-4-5-10-14(3)13(15)12-8-6-11(2)7-9-12/h6-9H,4-5,10H2,1-3H3. The van der Waals surface area contributed by atoms with Crippen molar-refractivity contribution in [3.8, 4) is 0 Å². The maximum absolute atomic E-state index is 11.9. The van der Waals surface area contributed by atoms with Crippen LogP contribution in [0, 0.1) is 6.92 Å². The lowest BCUT2D eigenvalue weighted by Gasteiger charge is -2.16. The summed E-state index contributed by atoms with van der Waals surface area (Å²) in [6, 6.07) is 7.72. The Bertz CT molecular complexity index is 316. The second kappa shape index (κ2) is 5.54. The Labute approximate surface area is 91.9 Å². The third-order valence-electron chi connectivity index (χ3n) is 2.49. The number of benzene rings is 1. The van der Waals surface area contributed by atoms with Crippen molar-refractivity contribution in [1.29, 1.82) is 0 Å². The summed E-state index contributed by atoms with van der Waals surface area (Å²) in [5.41, 5.74) is 1.96. The lowest BCUT2D eigenvalue weighted by atomic mass is 10.1. The van der Waals surface area contributed by atoms with Gasteiger partial charge >= 0.3 is 0 Å². The van der Waals surface area contributed by atoms with E-state index in [1.165, 1.54) is 5.56 Å². The van der Waals surface area contributed by atoms with E-state index in [0.717, 1.165) is 24.9 Å². The predicted molar refractivity (Wildman–Crippen MR) is 63.0 cm³/mol. The van der Waals surface area contributed by atoms with Crippen LogP contribution < -0.4 is 0 Å².